The van der Waals surface area contributed by atoms with Crippen LogP contribution in [0.4, 0.5) is 5.69 Å². The van der Waals surface area contributed by atoms with E-state index in [-0.39, 0.29) is 0 Å². The smallest absolute Gasteiger partial charge is 0.0830 e. The van der Waals surface area contributed by atoms with Gasteiger partial charge < -0.3 is 5.73 Å². The van der Waals surface area contributed by atoms with Crippen LogP contribution in [0.15, 0.2) is 24.3 Å². The third-order valence-electron chi connectivity index (χ3n) is 2.94. The van der Waals surface area contributed by atoms with Gasteiger partial charge in [-0.3, -0.25) is 0 Å². The van der Waals surface area contributed by atoms with Crippen LogP contribution in [0.1, 0.15) is 23.9 Å². The summed E-state index contributed by atoms with van der Waals surface area (Å²) in [5.74, 6) is 0. The average molecular weight is 215 g/mol. The molecule has 0 radical (unpaired) electrons. The number of aryl methyl sites for hydroxylation is 2. The molecule has 0 aliphatic carbocycles. The Kier molecular flexibility index (Phi) is 2.69. The highest BCUT2D eigenvalue weighted by atomic mass is 15.3. The minimum absolute atomic E-state index is 0.777. The van der Waals surface area contributed by atoms with Crippen molar-refractivity contribution >= 4 is 5.69 Å². The monoisotopic (exact) mass is 215 g/mol. The maximum absolute atomic E-state index is 5.91. The Labute approximate surface area is 95.9 Å². The number of anilines is 1. The zero-order chi connectivity index (χ0) is 11.7. The normalized spacial score (nSPS) is 10.7. The van der Waals surface area contributed by atoms with E-state index in [2.05, 4.69) is 36.3 Å². The van der Waals surface area contributed by atoms with Crippen LogP contribution in [-0.2, 0) is 6.42 Å². The second-order valence-corrected chi connectivity index (χ2v) is 4.02. The van der Waals surface area contributed by atoms with Gasteiger partial charge in [-0.1, -0.05) is 19.1 Å². The maximum atomic E-state index is 5.91. The predicted molar refractivity (Wildman–Crippen MR) is 66.8 cm³/mol. The number of nitrogens with zero attached hydrogens (tertiary/aromatic N) is 2. The molecule has 2 rings (SSSR count). The first-order chi connectivity index (χ1) is 7.63. The molecule has 0 spiro atoms. The third kappa shape index (κ3) is 1.69. The molecule has 2 aromatic rings. The number of nitrogens with two attached hydrogens (primary N) is 1. The number of hydrogen-bond donors (Lipinski definition) is 1. The van der Waals surface area contributed by atoms with Gasteiger partial charge >= 0.3 is 0 Å². The van der Waals surface area contributed by atoms with Gasteiger partial charge in [0.25, 0.3) is 0 Å². The summed E-state index contributed by atoms with van der Waals surface area (Å²) in [6.07, 6.45) is 1.06. The van der Waals surface area contributed by atoms with Crippen molar-refractivity contribution in [2.75, 3.05) is 5.73 Å². The second-order valence-electron chi connectivity index (χ2n) is 4.02. The van der Waals surface area contributed by atoms with Gasteiger partial charge in [-0.25, -0.2) is 4.68 Å². The SMILES string of the molecule is CCc1ccc(-n2nc(C)c(N)c2C)cc1. The third-order valence-corrected chi connectivity index (χ3v) is 2.94. The van der Waals surface area contributed by atoms with Crippen molar-refractivity contribution in [1.29, 1.82) is 0 Å². The quantitative estimate of drug-likeness (QED) is 0.837. The van der Waals surface area contributed by atoms with E-state index in [0.717, 1.165) is 29.2 Å². The molecule has 0 amide bonds. The highest BCUT2D eigenvalue weighted by Gasteiger charge is 2.09. The van der Waals surface area contributed by atoms with Gasteiger partial charge in [-0.05, 0) is 38.0 Å². The summed E-state index contributed by atoms with van der Waals surface area (Å²) in [5, 5.41) is 4.43. The summed E-state index contributed by atoms with van der Waals surface area (Å²) in [7, 11) is 0. The highest BCUT2D eigenvalue weighted by Crippen LogP contribution is 2.19. The molecule has 0 atom stereocenters. The van der Waals surface area contributed by atoms with Gasteiger partial charge in [-0.2, -0.15) is 5.10 Å². The predicted octanol–water partition coefficient (Wildman–Crippen LogP) is 2.63. The molecular formula is C13H17N3. The minimum atomic E-state index is 0.777. The van der Waals surface area contributed by atoms with Gasteiger partial charge in [0.2, 0.25) is 0 Å². The first-order valence-electron chi connectivity index (χ1n) is 5.54. The number of rotatable bonds is 2. The molecule has 1 heterocycles. The van der Waals surface area contributed by atoms with E-state index in [1.807, 2.05) is 18.5 Å². The summed E-state index contributed by atoms with van der Waals surface area (Å²) in [4.78, 5) is 0. The highest BCUT2D eigenvalue weighted by molar-refractivity contribution is 5.50. The number of hydrogen-bond acceptors (Lipinski definition) is 2. The minimum Gasteiger partial charge on any atom is -0.396 e. The molecule has 0 saturated carbocycles. The van der Waals surface area contributed by atoms with Crippen molar-refractivity contribution < 1.29 is 0 Å². The summed E-state index contributed by atoms with van der Waals surface area (Å²) in [5.41, 5.74) is 11.0. The number of benzene rings is 1. The van der Waals surface area contributed by atoms with E-state index in [1.54, 1.807) is 0 Å². The molecular weight excluding hydrogens is 198 g/mol. The fourth-order valence-corrected chi connectivity index (χ4v) is 1.78. The molecule has 0 fully saturated rings. The van der Waals surface area contributed by atoms with Gasteiger partial charge in [0, 0.05) is 0 Å². The van der Waals surface area contributed by atoms with Crippen molar-refractivity contribution in [1.82, 2.24) is 9.78 Å². The van der Waals surface area contributed by atoms with E-state index in [9.17, 15) is 0 Å². The van der Waals surface area contributed by atoms with E-state index in [4.69, 9.17) is 5.73 Å². The molecule has 0 bridgehead atoms. The number of aromatic nitrogens is 2. The van der Waals surface area contributed by atoms with E-state index in [1.165, 1.54) is 5.56 Å². The lowest BCUT2D eigenvalue weighted by Gasteiger charge is -2.05. The Morgan fingerprint density at radius 1 is 1.19 bits per heavy atom. The molecule has 0 aliphatic rings. The molecule has 1 aromatic heterocycles. The van der Waals surface area contributed by atoms with Gasteiger partial charge in [0.15, 0.2) is 0 Å². The molecule has 1 aromatic carbocycles. The Morgan fingerprint density at radius 3 is 2.25 bits per heavy atom. The summed E-state index contributed by atoms with van der Waals surface area (Å²) in [6, 6.07) is 8.42. The number of nitrogen functional groups attached to an aromatic ring is 1. The lowest BCUT2D eigenvalue weighted by atomic mass is 10.1. The van der Waals surface area contributed by atoms with Gasteiger partial charge in [0.05, 0.1) is 22.8 Å². The van der Waals surface area contributed by atoms with E-state index < -0.39 is 0 Å². The molecule has 84 valence electrons. The zero-order valence-electron chi connectivity index (χ0n) is 9.99. The summed E-state index contributed by atoms with van der Waals surface area (Å²) in [6.45, 7) is 6.07. The Bertz CT molecular complexity index is 495. The molecule has 2 N–H and O–H groups in total. The molecule has 3 nitrogen and oxygen atoms in total. The van der Waals surface area contributed by atoms with Crippen LogP contribution in [0, 0.1) is 13.8 Å². The average Bonchev–Trinajstić information content (AvgIpc) is 2.57. The maximum Gasteiger partial charge on any atom is 0.0830 e. The van der Waals surface area contributed by atoms with Crippen LogP contribution in [0.3, 0.4) is 0 Å². The van der Waals surface area contributed by atoms with Crippen molar-refractivity contribution in [3.63, 3.8) is 0 Å². The standard InChI is InChI=1S/C13H17N3/c1-4-11-5-7-12(8-6-11)16-10(3)13(14)9(2)15-16/h5-8H,4,14H2,1-3H3. The lowest BCUT2D eigenvalue weighted by Crippen LogP contribution is -1.99. The second kappa shape index (κ2) is 4.00. The molecule has 16 heavy (non-hydrogen) atoms. The van der Waals surface area contributed by atoms with Crippen LogP contribution >= 0.6 is 0 Å². The van der Waals surface area contributed by atoms with Crippen molar-refractivity contribution in [3.05, 3.63) is 41.2 Å². The van der Waals surface area contributed by atoms with E-state index >= 15 is 0 Å². The van der Waals surface area contributed by atoms with Crippen molar-refractivity contribution in [2.24, 2.45) is 0 Å². The molecule has 0 unspecified atom stereocenters. The van der Waals surface area contributed by atoms with Crippen LogP contribution in [0.2, 0.25) is 0 Å². The summed E-state index contributed by atoms with van der Waals surface area (Å²) >= 11 is 0. The van der Waals surface area contributed by atoms with E-state index in [0.29, 0.717) is 0 Å². The Hall–Kier alpha value is -1.77. The Morgan fingerprint density at radius 2 is 1.81 bits per heavy atom. The van der Waals surface area contributed by atoms with Gasteiger partial charge in [0.1, 0.15) is 0 Å². The fourth-order valence-electron chi connectivity index (χ4n) is 1.78. The first kappa shape index (κ1) is 10.7. The van der Waals surface area contributed by atoms with Crippen LogP contribution < -0.4 is 5.73 Å². The molecule has 0 aliphatic heterocycles. The largest absolute Gasteiger partial charge is 0.396 e. The fraction of sp³-hybridized carbons (Fsp3) is 0.308. The van der Waals surface area contributed by atoms with Crippen LogP contribution in [0.5, 0.6) is 0 Å². The molecule has 0 saturated heterocycles. The molecule has 3 heteroatoms. The Balaban J connectivity index is 2.46. The first-order valence-corrected chi connectivity index (χ1v) is 5.54. The van der Waals surface area contributed by atoms with Gasteiger partial charge in [-0.15, -0.1) is 0 Å². The zero-order valence-corrected chi connectivity index (χ0v) is 9.99. The summed E-state index contributed by atoms with van der Waals surface area (Å²) < 4.78 is 1.89. The van der Waals surface area contributed by atoms with Crippen LogP contribution in [-0.4, -0.2) is 9.78 Å². The lowest BCUT2D eigenvalue weighted by molar-refractivity contribution is 0.833. The van der Waals surface area contributed by atoms with Crippen molar-refractivity contribution in [2.45, 2.75) is 27.2 Å². The topological polar surface area (TPSA) is 43.8 Å². The van der Waals surface area contributed by atoms with Crippen LogP contribution in [0.25, 0.3) is 5.69 Å². The van der Waals surface area contributed by atoms with Crippen molar-refractivity contribution in [3.8, 4) is 5.69 Å².